The minimum Gasteiger partial charge on any atom is -0.389 e. The van der Waals surface area contributed by atoms with E-state index in [1.165, 1.54) is 19.9 Å². The number of benzene rings is 1. The lowest BCUT2D eigenvalue weighted by atomic mass is 10.1. The van der Waals surface area contributed by atoms with Crippen LogP contribution in [0.2, 0.25) is 0 Å². The predicted molar refractivity (Wildman–Crippen MR) is 56.2 cm³/mol. The maximum absolute atomic E-state index is 12.9. The Morgan fingerprint density at radius 2 is 1.82 bits per heavy atom. The molecule has 1 rings (SSSR count). The van der Waals surface area contributed by atoms with Gasteiger partial charge < -0.3 is 10.4 Å². The van der Waals surface area contributed by atoms with E-state index < -0.39 is 23.2 Å². The first-order valence-corrected chi connectivity index (χ1v) is 4.92. The zero-order chi connectivity index (χ0) is 13.3. The smallest absolute Gasteiger partial charge is 0.389 e. The van der Waals surface area contributed by atoms with E-state index in [2.05, 4.69) is 5.32 Å². The van der Waals surface area contributed by atoms with Crippen molar-refractivity contribution in [1.29, 1.82) is 0 Å². The Hall–Kier alpha value is -1.30. The Morgan fingerprint density at radius 3 is 2.29 bits per heavy atom. The van der Waals surface area contributed by atoms with E-state index >= 15 is 0 Å². The van der Waals surface area contributed by atoms with Crippen molar-refractivity contribution in [2.24, 2.45) is 0 Å². The van der Waals surface area contributed by atoms with E-state index in [1.807, 2.05) is 0 Å². The Labute approximate surface area is 96.3 Å². The second kappa shape index (κ2) is 4.52. The average Bonchev–Trinajstić information content (AvgIpc) is 2.13. The van der Waals surface area contributed by atoms with Crippen molar-refractivity contribution in [3.8, 4) is 0 Å². The minimum atomic E-state index is -4.73. The van der Waals surface area contributed by atoms with E-state index in [4.69, 9.17) is 0 Å². The molecule has 0 radical (unpaired) electrons. The van der Waals surface area contributed by atoms with Crippen LogP contribution in [0.15, 0.2) is 18.2 Å². The van der Waals surface area contributed by atoms with E-state index in [0.717, 1.165) is 6.07 Å². The highest BCUT2D eigenvalue weighted by molar-refractivity contribution is 5.47. The molecule has 0 saturated carbocycles. The van der Waals surface area contributed by atoms with Gasteiger partial charge >= 0.3 is 6.18 Å². The van der Waals surface area contributed by atoms with Gasteiger partial charge in [-0.1, -0.05) is 0 Å². The molecule has 1 aromatic carbocycles. The summed E-state index contributed by atoms with van der Waals surface area (Å²) in [6.07, 6.45) is -4.73. The van der Waals surface area contributed by atoms with Gasteiger partial charge in [0.1, 0.15) is 5.82 Å². The summed E-state index contributed by atoms with van der Waals surface area (Å²) < 4.78 is 50.1. The zero-order valence-electron chi connectivity index (χ0n) is 9.40. The molecule has 17 heavy (non-hydrogen) atoms. The van der Waals surface area contributed by atoms with E-state index in [0.29, 0.717) is 6.07 Å². The van der Waals surface area contributed by atoms with Crippen LogP contribution in [0.25, 0.3) is 0 Å². The van der Waals surface area contributed by atoms with Gasteiger partial charge in [0.2, 0.25) is 0 Å². The van der Waals surface area contributed by atoms with Gasteiger partial charge in [0.15, 0.2) is 0 Å². The molecule has 2 N–H and O–H groups in total. The summed E-state index contributed by atoms with van der Waals surface area (Å²) in [6, 6.07) is 2.62. The molecule has 96 valence electrons. The fourth-order valence-corrected chi connectivity index (χ4v) is 1.17. The molecule has 0 aliphatic rings. The molecule has 6 heteroatoms. The Balaban J connectivity index is 2.90. The molecule has 0 amide bonds. The number of aliphatic hydroxyl groups is 1. The van der Waals surface area contributed by atoms with Crippen LogP contribution in [0, 0.1) is 5.82 Å². The number of anilines is 1. The number of nitrogens with one attached hydrogen (secondary N) is 1. The summed E-state index contributed by atoms with van der Waals surface area (Å²) in [5, 5.41) is 12.0. The van der Waals surface area contributed by atoms with Crippen LogP contribution in [0.5, 0.6) is 0 Å². The maximum Gasteiger partial charge on any atom is 0.419 e. The van der Waals surface area contributed by atoms with Gasteiger partial charge in [-0.2, -0.15) is 13.2 Å². The van der Waals surface area contributed by atoms with E-state index in [-0.39, 0.29) is 12.2 Å². The van der Waals surface area contributed by atoms with Crippen molar-refractivity contribution in [3.63, 3.8) is 0 Å². The number of hydrogen-bond acceptors (Lipinski definition) is 2. The molecular formula is C11H13F4NO. The third-order valence-electron chi connectivity index (χ3n) is 2.00. The molecule has 1 aromatic rings. The summed E-state index contributed by atoms with van der Waals surface area (Å²) in [7, 11) is 0. The standard InChI is InChI=1S/C11H13F4NO/c1-10(2,17)6-16-7-3-4-9(12)8(5-7)11(13,14)15/h3-5,16-17H,6H2,1-2H3. The summed E-state index contributed by atoms with van der Waals surface area (Å²) in [5.41, 5.74) is -2.27. The molecule has 0 aliphatic carbocycles. The molecule has 2 nitrogen and oxygen atoms in total. The van der Waals surface area contributed by atoms with Crippen molar-refractivity contribution < 1.29 is 22.7 Å². The fourth-order valence-electron chi connectivity index (χ4n) is 1.17. The monoisotopic (exact) mass is 251 g/mol. The van der Waals surface area contributed by atoms with Crippen LogP contribution in [0.1, 0.15) is 19.4 Å². The summed E-state index contributed by atoms with van der Waals surface area (Å²) >= 11 is 0. The molecule has 0 unspecified atom stereocenters. The minimum absolute atomic E-state index is 0.0654. The topological polar surface area (TPSA) is 32.3 Å². The molecule has 0 fully saturated rings. The van der Waals surface area contributed by atoms with Crippen LogP contribution in [-0.4, -0.2) is 17.3 Å². The second-order valence-electron chi connectivity index (χ2n) is 4.36. The Morgan fingerprint density at radius 1 is 1.24 bits per heavy atom. The predicted octanol–water partition coefficient (Wildman–Crippen LogP) is 3.03. The van der Waals surface area contributed by atoms with Gasteiger partial charge in [-0.15, -0.1) is 0 Å². The van der Waals surface area contributed by atoms with E-state index in [1.54, 1.807) is 0 Å². The van der Waals surface area contributed by atoms with Gasteiger partial charge in [-0.3, -0.25) is 0 Å². The van der Waals surface area contributed by atoms with Crippen molar-refractivity contribution in [3.05, 3.63) is 29.6 Å². The van der Waals surface area contributed by atoms with Crippen molar-refractivity contribution in [2.45, 2.75) is 25.6 Å². The normalized spacial score (nSPS) is 12.6. The zero-order valence-corrected chi connectivity index (χ0v) is 9.40. The van der Waals surface area contributed by atoms with Gasteiger partial charge in [0.25, 0.3) is 0 Å². The van der Waals surface area contributed by atoms with Gasteiger partial charge in [0.05, 0.1) is 11.2 Å². The molecule has 0 atom stereocenters. The first-order valence-electron chi connectivity index (χ1n) is 4.92. The van der Waals surface area contributed by atoms with Gasteiger partial charge in [-0.25, -0.2) is 4.39 Å². The summed E-state index contributed by atoms with van der Waals surface area (Å²) in [6.45, 7) is 3.08. The SMILES string of the molecule is CC(C)(O)CNc1ccc(F)c(C(F)(F)F)c1. The molecule has 0 aromatic heterocycles. The fraction of sp³-hybridized carbons (Fsp3) is 0.455. The molecule has 0 saturated heterocycles. The van der Waals surface area contributed by atoms with Crippen LogP contribution < -0.4 is 5.32 Å². The average molecular weight is 251 g/mol. The Kier molecular flexibility index (Phi) is 3.66. The van der Waals surface area contributed by atoms with Crippen LogP contribution in [-0.2, 0) is 6.18 Å². The molecule has 0 spiro atoms. The maximum atomic E-state index is 12.9. The third-order valence-corrected chi connectivity index (χ3v) is 2.00. The lowest BCUT2D eigenvalue weighted by Crippen LogP contribution is -2.29. The van der Waals surface area contributed by atoms with E-state index in [9.17, 15) is 22.7 Å². The van der Waals surface area contributed by atoms with Gasteiger partial charge in [0, 0.05) is 12.2 Å². The second-order valence-corrected chi connectivity index (χ2v) is 4.36. The van der Waals surface area contributed by atoms with Crippen molar-refractivity contribution in [1.82, 2.24) is 0 Å². The lowest BCUT2D eigenvalue weighted by molar-refractivity contribution is -0.139. The number of hydrogen-bond donors (Lipinski definition) is 2. The Bertz CT molecular complexity index is 395. The highest BCUT2D eigenvalue weighted by Crippen LogP contribution is 2.33. The molecule has 0 aliphatic heterocycles. The first-order chi connectivity index (χ1) is 7.59. The molecular weight excluding hydrogens is 238 g/mol. The largest absolute Gasteiger partial charge is 0.419 e. The van der Waals surface area contributed by atoms with Crippen molar-refractivity contribution in [2.75, 3.05) is 11.9 Å². The van der Waals surface area contributed by atoms with Crippen LogP contribution in [0.4, 0.5) is 23.2 Å². The summed E-state index contributed by atoms with van der Waals surface area (Å²) in [5.74, 6) is -1.31. The van der Waals surface area contributed by atoms with Crippen LogP contribution in [0.3, 0.4) is 0 Å². The summed E-state index contributed by atoms with van der Waals surface area (Å²) in [4.78, 5) is 0. The highest BCUT2D eigenvalue weighted by Gasteiger charge is 2.34. The van der Waals surface area contributed by atoms with Crippen LogP contribution >= 0.6 is 0 Å². The number of rotatable bonds is 3. The number of halogens is 4. The number of alkyl halides is 3. The van der Waals surface area contributed by atoms with Gasteiger partial charge in [-0.05, 0) is 32.0 Å². The molecule has 0 heterocycles. The highest BCUT2D eigenvalue weighted by atomic mass is 19.4. The first kappa shape index (κ1) is 13.8. The third kappa shape index (κ3) is 4.22. The quantitative estimate of drug-likeness (QED) is 0.809. The lowest BCUT2D eigenvalue weighted by Gasteiger charge is -2.19. The molecule has 0 bridgehead atoms. The van der Waals surface area contributed by atoms with Crippen molar-refractivity contribution >= 4 is 5.69 Å².